The maximum atomic E-state index is 12.8. The second kappa shape index (κ2) is 8.88. The van der Waals surface area contributed by atoms with Gasteiger partial charge in [-0.2, -0.15) is 26.6 Å². The van der Waals surface area contributed by atoms with Crippen LogP contribution in [0.1, 0.15) is 11.1 Å². The molecule has 4 rings (SSSR count). The van der Waals surface area contributed by atoms with E-state index in [2.05, 4.69) is 19.1 Å². The van der Waals surface area contributed by atoms with Crippen LogP contribution in [0, 0.1) is 6.92 Å². The van der Waals surface area contributed by atoms with Crippen LogP contribution >= 0.6 is 23.2 Å². The fraction of sp³-hybridized carbons (Fsp3) is 0.250. The number of benzene rings is 1. The molecule has 186 valence electrons. The number of halogens is 5. The third kappa shape index (κ3) is 4.39. The smallest absolute Gasteiger partial charge is 0.495 e. The van der Waals surface area contributed by atoms with Crippen LogP contribution in [0.2, 0.25) is 10.0 Å². The molecule has 2 aromatic heterocycles. The molecule has 3 heterocycles. The molecule has 0 N–H and O–H groups in total. The van der Waals surface area contributed by atoms with Gasteiger partial charge in [-0.25, -0.2) is 9.97 Å². The Morgan fingerprint density at radius 1 is 1.03 bits per heavy atom. The molecule has 15 heteroatoms. The minimum Gasteiger partial charge on any atom is -0.495 e. The lowest BCUT2D eigenvalue weighted by atomic mass is 10.0. The summed E-state index contributed by atoms with van der Waals surface area (Å²) in [7, 11) is -3.12. The molecule has 0 aliphatic carbocycles. The quantitative estimate of drug-likeness (QED) is 0.318. The molecule has 3 aromatic rings. The van der Waals surface area contributed by atoms with Gasteiger partial charge in [-0.1, -0.05) is 23.2 Å². The summed E-state index contributed by atoms with van der Waals surface area (Å²) < 4.78 is 75.9. The average Bonchev–Trinajstić information content (AvgIpc) is 2.78. The Hall–Kier alpha value is -3.03. The summed E-state index contributed by atoms with van der Waals surface area (Å²) >= 11 is 13.2. The van der Waals surface area contributed by atoms with E-state index in [1.165, 1.54) is 20.3 Å². The summed E-state index contributed by atoms with van der Waals surface area (Å²) in [6.07, 6.45) is 2.71. The summed E-state index contributed by atoms with van der Waals surface area (Å²) in [6.45, 7) is 1.77. The van der Waals surface area contributed by atoms with Gasteiger partial charge in [0.1, 0.15) is 27.4 Å². The first kappa shape index (κ1) is 25.1. The number of aryl methyl sites for hydroxylation is 1. The normalized spacial score (nSPS) is 13.2. The number of alkyl halides is 3. The number of anilines is 2. The van der Waals surface area contributed by atoms with Gasteiger partial charge < -0.3 is 18.6 Å². The second-order valence-corrected chi connectivity index (χ2v) is 9.53. The number of nitrogens with zero attached hydrogens (tertiary/aromatic N) is 4. The van der Waals surface area contributed by atoms with Gasteiger partial charge in [-0.3, -0.25) is 0 Å². The standard InChI is InChI=1S/C20H15Cl2F3N4O5S/c1-9-4-11-16-10(7-27-19(28-16)34-35(30,31)20(23,24)25)8-29(18(11)26-6-9)17-14(21)12(32-2)5-13(33-3)15(17)22/h4-7H,8H2,1-3H3. The van der Waals surface area contributed by atoms with E-state index >= 15 is 0 Å². The second-order valence-electron chi connectivity index (χ2n) is 7.24. The minimum atomic E-state index is -5.96. The molecule has 1 aliphatic heterocycles. The van der Waals surface area contributed by atoms with Crippen LogP contribution in [0.4, 0.5) is 24.7 Å². The predicted octanol–water partition coefficient (Wildman–Crippen LogP) is 5.05. The summed E-state index contributed by atoms with van der Waals surface area (Å²) in [6, 6.07) is 2.20. The van der Waals surface area contributed by atoms with Crippen LogP contribution < -0.4 is 18.6 Å². The Bertz CT molecular complexity index is 1410. The molecule has 1 aliphatic rings. The SMILES string of the molecule is COc1cc(OC)c(Cl)c(N2Cc3cnc(OS(=O)(=O)C(F)(F)F)nc3-c3cc(C)cnc32)c1Cl. The highest BCUT2D eigenvalue weighted by molar-refractivity contribution is 7.87. The van der Waals surface area contributed by atoms with E-state index in [1.54, 1.807) is 24.1 Å². The maximum Gasteiger partial charge on any atom is 0.534 e. The van der Waals surface area contributed by atoms with Gasteiger partial charge in [0, 0.05) is 29.6 Å². The molecular formula is C20H15Cl2F3N4O5S. The van der Waals surface area contributed by atoms with Gasteiger partial charge in [0.05, 0.1) is 32.1 Å². The third-order valence-electron chi connectivity index (χ3n) is 4.97. The van der Waals surface area contributed by atoms with Crippen molar-refractivity contribution in [3.63, 3.8) is 0 Å². The Balaban J connectivity index is 1.89. The first-order valence-electron chi connectivity index (χ1n) is 9.59. The summed E-state index contributed by atoms with van der Waals surface area (Å²) in [5, 5.41) is 0.319. The topological polar surface area (TPSA) is 104 Å². The molecule has 0 saturated carbocycles. The number of ether oxygens (including phenoxy) is 2. The highest BCUT2D eigenvalue weighted by Gasteiger charge is 2.49. The zero-order valence-electron chi connectivity index (χ0n) is 18.1. The molecule has 0 atom stereocenters. The summed E-state index contributed by atoms with van der Waals surface area (Å²) in [4.78, 5) is 13.7. The molecule has 0 fully saturated rings. The number of fused-ring (bicyclic) bond motifs is 3. The molecule has 0 unspecified atom stereocenters. The highest BCUT2D eigenvalue weighted by atomic mass is 35.5. The van der Waals surface area contributed by atoms with Crippen molar-refractivity contribution < 1.29 is 35.2 Å². The van der Waals surface area contributed by atoms with Gasteiger partial charge in [-0.15, -0.1) is 0 Å². The Kier molecular flexibility index (Phi) is 6.36. The first-order valence-corrected chi connectivity index (χ1v) is 11.8. The number of rotatable bonds is 5. The molecule has 0 amide bonds. The van der Waals surface area contributed by atoms with Gasteiger partial charge in [0.2, 0.25) is 0 Å². The van der Waals surface area contributed by atoms with Crippen molar-refractivity contribution >= 4 is 44.8 Å². The highest BCUT2D eigenvalue weighted by Crippen LogP contribution is 2.51. The third-order valence-corrected chi connectivity index (χ3v) is 6.64. The van der Waals surface area contributed by atoms with Crippen molar-refractivity contribution in [2.24, 2.45) is 0 Å². The maximum absolute atomic E-state index is 12.8. The largest absolute Gasteiger partial charge is 0.534 e. The van der Waals surface area contributed by atoms with Crippen LogP contribution in [0.25, 0.3) is 11.3 Å². The number of hydrogen-bond donors (Lipinski definition) is 0. The predicted molar refractivity (Wildman–Crippen MR) is 121 cm³/mol. The molecule has 35 heavy (non-hydrogen) atoms. The zero-order chi connectivity index (χ0) is 25.7. The monoisotopic (exact) mass is 550 g/mol. The number of methoxy groups -OCH3 is 2. The average molecular weight is 551 g/mol. The van der Waals surface area contributed by atoms with Crippen molar-refractivity contribution in [3.8, 4) is 28.8 Å². The van der Waals surface area contributed by atoms with E-state index in [0.29, 0.717) is 28.2 Å². The van der Waals surface area contributed by atoms with Crippen molar-refractivity contribution in [2.45, 2.75) is 19.0 Å². The minimum absolute atomic E-state index is 0.0282. The summed E-state index contributed by atoms with van der Waals surface area (Å²) in [5.41, 5.74) is -3.74. The Morgan fingerprint density at radius 3 is 2.23 bits per heavy atom. The van der Waals surface area contributed by atoms with Crippen molar-refractivity contribution in [1.29, 1.82) is 0 Å². The van der Waals surface area contributed by atoms with E-state index in [4.69, 9.17) is 32.7 Å². The van der Waals surface area contributed by atoms with Gasteiger partial charge >= 0.3 is 21.6 Å². The Labute approximate surface area is 207 Å². The van der Waals surface area contributed by atoms with Crippen molar-refractivity contribution in [3.05, 3.63) is 45.7 Å². The molecule has 0 radical (unpaired) electrons. The zero-order valence-corrected chi connectivity index (χ0v) is 20.5. The lowest BCUT2D eigenvalue weighted by molar-refractivity contribution is -0.0502. The van der Waals surface area contributed by atoms with Crippen LogP contribution in [0.15, 0.2) is 24.5 Å². The molecule has 0 saturated heterocycles. The lowest BCUT2D eigenvalue weighted by Gasteiger charge is -2.33. The van der Waals surface area contributed by atoms with Gasteiger partial charge in [-0.05, 0) is 18.6 Å². The van der Waals surface area contributed by atoms with Crippen LogP contribution in [-0.2, 0) is 16.7 Å². The fourth-order valence-corrected chi connectivity index (χ4v) is 4.49. The van der Waals surface area contributed by atoms with Crippen LogP contribution in [-0.4, -0.2) is 43.1 Å². The van der Waals surface area contributed by atoms with E-state index in [9.17, 15) is 21.6 Å². The first-order chi connectivity index (χ1) is 16.4. The van der Waals surface area contributed by atoms with Gasteiger partial charge in [0.25, 0.3) is 0 Å². The fourth-order valence-electron chi connectivity index (χ4n) is 3.42. The molecule has 1 aromatic carbocycles. The van der Waals surface area contributed by atoms with Crippen LogP contribution in [0.3, 0.4) is 0 Å². The lowest BCUT2D eigenvalue weighted by Crippen LogP contribution is -2.29. The molecular weight excluding hydrogens is 536 g/mol. The molecule has 0 bridgehead atoms. The molecule has 9 nitrogen and oxygen atoms in total. The van der Waals surface area contributed by atoms with Crippen LogP contribution in [0.5, 0.6) is 17.5 Å². The number of pyridine rings is 1. The van der Waals surface area contributed by atoms with Crippen molar-refractivity contribution in [1.82, 2.24) is 15.0 Å². The van der Waals surface area contributed by atoms with E-state index in [1.807, 2.05) is 0 Å². The van der Waals surface area contributed by atoms with E-state index in [-0.39, 0.29) is 33.8 Å². The summed E-state index contributed by atoms with van der Waals surface area (Å²) in [5.74, 6) is 0.852. The number of aromatic nitrogens is 3. The number of hydrogen-bond acceptors (Lipinski definition) is 9. The van der Waals surface area contributed by atoms with E-state index in [0.717, 1.165) is 6.20 Å². The molecule has 0 spiro atoms. The van der Waals surface area contributed by atoms with Gasteiger partial charge in [0.15, 0.2) is 0 Å². The van der Waals surface area contributed by atoms with E-state index < -0.39 is 21.6 Å². The van der Waals surface area contributed by atoms with Crippen molar-refractivity contribution in [2.75, 3.05) is 19.1 Å². The Morgan fingerprint density at radius 2 is 1.66 bits per heavy atom.